The molecule has 4 aromatic rings. The van der Waals surface area contributed by atoms with Gasteiger partial charge in [-0.2, -0.15) is 0 Å². The molecule has 0 N–H and O–H groups in total. The number of aliphatic imine (C=N–C) groups is 1. The first-order chi connectivity index (χ1) is 15.2. The molecule has 0 atom stereocenters. The first-order valence-electron chi connectivity index (χ1n) is 9.97. The highest BCUT2D eigenvalue weighted by atomic mass is 16.6. The van der Waals surface area contributed by atoms with E-state index in [0.29, 0.717) is 11.6 Å². The van der Waals surface area contributed by atoms with Crippen molar-refractivity contribution in [3.63, 3.8) is 0 Å². The second-order valence-corrected chi connectivity index (χ2v) is 7.18. The third kappa shape index (κ3) is 3.60. The summed E-state index contributed by atoms with van der Waals surface area (Å²) in [5.74, 6) is 0.502. The molecule has 0 saturated carbocycles. The maximum absolute atomic E-state index is 12.5. The summed E-state index contributed by atoms with van der Waals surface area (Å²) in [5.41, 5.74) is 4.02. The second kappa shape index (κ2) is 7.92. The lowest BCUT2D eigenvalue weighted by molar-refractivity contribution is -0.129. The third-order valence-electron chi connectivity index (χ3n) is 5.29. The summed E-state index contributed by atoms with van der Waals surface area (Å²) in [6.45, 7) is 0. The van der Waals surface area contributed by atoms with E-state index < -0.39 is 5.97 Å². The number of methoxy groups -OCH3 is 1. The molecule has 31 heavy (non-hydrogen) atoms. The monoisotopic (exact) mass is 405 g/mol. The fourth-order valence-electron chi connectivity index (χ4n) is 3.71. The van der Waals surface area contributed by atoms with Gasteiger partial charge in [-0.05, 0) is 46.2 Å². The quantitative estimate of drug-likeness (QED) is 0.316. The lowest BCUT2D eigenvalue weighted by Crippen LogP contribution is -2.05. The lowest BCUT2D eigenvalue weighted by Gasteiger charge is -2.08. The highest BCUT2D eigenvalue weighted by Gasteiger charge is 2.25. The van der Waals surface area contributed by atoms with Crippen molar-refractivity contribution < 1.29 is 14.3 Å². The van der Waals surface area contributed by atoms with Gasteiger partial charge in [0, 0.05) is 11.1 Å². The predicted molar refractivity (Wildman–Crippen MR) is 123 cm³/mol. The Hall–Kier alpha value is -4.18. The maximum Gasteiger partial charge on any atom is 0.363 e. The predicted octanol–water partition coefficient (Wildman–Crippen LogP) is 5.86. The zero-order valence-electron chi connectivity index (χ0n) is 16.9. The summed E-state index contributed by atoms with van der Waals surface area (Å²) in [6.07, 6.45) is 1.73. The number of ether oxygens (including phenoxy) is 2. The molecule has 1 aliphatic rings. The highest BCUT2D eigenvalue weighted by Crippen LogP contribution is 2.31. The van der Waals surface area contributed by atoms with Crippen LogP contribution in [0.5, 0.6) is 5.75 Å². The summed E-state index contributed by atoms with van der Waals surface area (Å²) in [7, 11) is 1.61. The van der Waals surface area contributed by atoms with Crippen molar-refractivity contribution in [1.82, 2.24) is 0 Å². The van der Waals surface area contributed by atoms with E-state index in [1.165, 1.54) is 0 Å². The molecule has 0 aliphatic carbocycles. The Balaban J connectivity index is 1.51. The average Bonchev–Trinajstić information content (AvgIpc) is 3.20. The van der Waals surface area contributed by atoms with Crippen molar-refractivity contribution in [1.29, 1.82) is 0 Å². The number of benzene rings is 4. The topological polar surface area (TPSA) is 47.9 Å². The number of rotatable bonds is 4. The summed E-state index contributed by atoms with van der Waals surface area (Å²) in [5, 5.41) is 2.04. The largest absolute Gasteiger partial charge is 0.496 e. The third-order valence-corrected chi connectivity index (χ3v) is 5.29. The molecule has 0 spiro atoms. The van der Waals surface area contributed by atoms with Crippen molar-refractivity contribution in [2.45, 2.75) is 0 Å². The van der Waals surface area contributed by atoms with Gasteiger partial charge in [0.2, 0.25) is 5.90 Å². The molecule has 0 amide bonds. The van der Waals surface area contributed by atoms with Crippen LogP contribution >= 0.6 is 0 Å². The van der Waals surface area contributed by atoms with Gasteiger partial charge < -0.3 is 9.47 Å². The first kappa shape index (κ1) is 18.8. The minimum absolute atomic E-state index is 0.247. The van der Waals surface area contributed by atoms with Gasteiger partial charge in [0.05, 0.1) is 7.11 Å². The molecule has 0 saturated heterocycles. The standard InChI is InChI=1S/C27H19NO3/c1-30-25-16-15-20-9-5-6-10-22(20)23(25)17-24-27(29)31-26(28-24)21-13-11-19(12-14-21)18-7-3-2-4-8-18/h2-17H,1H3. The molecular weight excluding hydrogens is 386 g/mol. The van der Waals surface area contributed by atoms with E-state index in [4.69, 9.17) is 9.47 Å². The van der Waals surface area contributed by atoms with Crippen LogP contribution < -0.4 is 4.74 Å². The minimum Gasteiger partial charge on any atom is -0.496 e. The van der Waals surface area contributed by atoms with E-state index >= 15 is 0 Å². The molecular formula is C27H19NO3. The normalized spacial score (nSPS) is 14.5. The Bertz CT molecular complexity index is 1340. The Kier molecular flexibility index (Phi) is 4.81. The van der Waals surface area contributed by atoms with E-state index in [2.05, 4.69) is 17.1 Å². The highest BCUT2D eigenvalue weighted by molar-refractivity contribution is 6.13. The molecule has 4 aromatic carbocycles. The number of nitrogens with zero attached hydrogens (tertiary/aromatic N) is 1. The van der Waals surface area contributed by atoms with Crippen LogP contribution in [0.4, 0.5) is 0 Å². The average molecular weight is 405 g/mol. The summed E-state index contributed by atoms with van der Waals surface area (Å²) in [4.78, 5) is 17.0. The summed E-state index contributed by atoms with van der Waals surface area (Å²) in [6, 6.07) is 29.8. The van der Waals surface area contributed by atoms with Gasteiger partial charge in [0.1, 0.15) is 5.75 Å². The van der Waals surface area contributed by atoms with E-state index in [0.717, 1.165) is 33.0 Å². The van der Waals surface area contributed by atoms with Crippen LogP contribution in [-0.4, -0.2) is 19.0 Å². The zero-order valence-corrected chi connectivity index (χ0v) is 16.9. The molecule has 0 fully saturated rings. The van der Waals surface area contributed by atoms with Crippen molar-refractivity contribution in [2.75, 3.05) is 7.11 Å². The molecule has 0 aromatic heterocycles. The van der Waals surface area contributed by atoms with Crippen LogP contribution in [0.1, 0.15) is 11.1 Å². The van der Waals surface area contributed by atoms with Crippen LogP contribution in [-0.2, 0) is 9.53 Å². The maximum atomic E-state index is 12.5. The second-order valence-electron chi connectivity index (χ2n) is 7.18. The smallest absolute Gasteiger partial charge is 0.363 e. The van der Waals surface area contributed by atoms with Crippen LogP contribution in [0.25, 0.3) is 28.0 Å². The first-order valence-corrected chi connectivity index (χ1v) is 9.97. The molecule has 0 bridgehead atoms. The fourth-order valence-corrected chi connectivity index (χ4v) is 3.71. The van der Waals surface area contributed by atoms with E-state index in [-0.39, 0.29) is 5.70 Å². The van der Waals surface area contributed by atoms with Crippen LogP contribution in [0, 0.1) is 0 Å². The number of esters is 1. The van der Waals surface area contributed by atoms with Crippen molar-refractivity contribution in [3.05, 3.63) is 108 Å². The number of hydrogen-bond acceptors (Lipinski definition) is 4. The van der Waals surface area contributed by atoms with Crippen LogP contribution in [0.15, 0.2) is 102 Å². The number of cyclic esters (lactones) is 1. The Morgan fingerprint density at radius 3 is 2.23 bits per heavy atom. The van der Waals surface area contributed by atoms with Crippen LogP contribution in [0.3, 0.4) is 0 Å². The molecule has 1 heterocycles. The molecule has 150 valence electrons. The van der Waals surface area contributed by atoms with E-state index in [9.17, 15) is 4.79 Å². The molecule has 0 unspecified atom stereocenters. The Labute approximate surface area is 180 Å². The Morgan fingerprint density at radius 1 is 0.774 bits per heavy atom. The molecule has 5 rings (SSSR count). The molecule has 0 radical (unpaired) electrons. The van der Waals surface area contributed by atoms with Crippen molar-refractivity contribution >= 4 is 28.7 Å². The van der Waals surface area contributed by atoms with Crippen molar-refractivity contribution in [2.24, 2.45) is 4.99 Å². The van der Waals surface area contributed by atoms with Gasteiger partial charge in [0.25, 0.3) is 0 Å². The van der Waals surface area contributed by atoms with Gasteiger partial charge in [-0.3, -0.25) is 0 Å². The summed E-state index contributed by atoms with van der Waals surface area (Å²) < 4.78 is 11.0. The zero-order chi connectivity index (χ0) is 21.2. The number of fused-ring (bicyclic) bond motifs is 1. The summed E-state index contributed by atoms with van der Waals surface area (Å²) >= 11 is 0. The number of carbonyl (C=O) groups excluding carboxylic acids is 1. The number of hydrogen-bond donors (Lipinski definition) is 0. The van der Waals surface area contributed by atoms with E-state index in [1.807, 2.05) is 78.9 Å². The molecule has 1 aliphatic heterocycles. The van der Waals surface area contributed by atoms with Gasteiger partial charge >= 0.3 is 5.97 Å². The lowest BCUT2D eigenvalue weighted by atomic mass is 10.0. The van der Waals surface area contributed by atoms with Gasteiger partial charge in [-0.15, -0.1) is 0 Å². The fraction of sp³-hybridized carbons (Fsp3) is 0.0370. The van der Waals surface area contributed by atoms with Gasteiger partial charge in [-0.1, -0.05) is 72.8 Å². The Morgan fingerprint density at radius 2 is 1.45 bits per heavy atom. The SMILES string of the molecule is COc1ccc2ccccc2c1C=C1N=C(c2ccc(-c3ccccc3)cc2)OC1=O. The molecule has 4 nitrogen and oxygen atoms in total. The number of carbonyl (C=O) groups is 1. The van der Waals surface area contributed by atoms with Crippen molar-refractivity contribution in [3.8, 4) is 16.9 Å². The van der Waals surface area contributed by atoms with Crippen LogP contribution in [0.2, 0.25) is 0 Å². The minimum atomic E-state index is -0.475. The van der Waals surface area contributed by atoms with Gasteiger partial charge in [-0.25, -0.2) is 9.79 Å². The van der Waals surface area contributed by atoms with Gasteiger partial charge in [0.15, 0.2) is 5.70 Å². The van der Waals surface area contributed by atoms with E-state index in [1.54, 1.807) is 13.2 Å². The molecule has 4 heteroatoms.